The van der Waals surface area contributed by atoms with Gasteiger partial charge in [0.1, 0.15) is 12.1 Å². The van der Waals surface area contributed by atoms with E-state index in [2.05, 4.69) is 30.9 Å². The lowest BCUT2D eigenvalue weighted by Gasteiger charge is -2.20. The summed E-state index contributed by atoms with van der Waals surface area (Å²) in [6.45, 7) is 5.36. The summed E-state index contributed by atoms with van der Waals surface area (Å²) in [5, 5.41) is 15.8. The first-order valence-corrected chi connectivity index (χ1v) is 9.10. The number of anilines is 3. The highest BCUT2D eigenvalue weighted by molar-refractivity contribution is 5.96. The van der Waals surface area contributed by atoms with Gasteiger partial charge in [-0.2, -0.15) is 0 Å². The average molecular weight is 392 g/mol. The Bertz CT molecular complexity index is 1180. The van der Waals surface area contributed by atoms with Gasteiger partial charge >= 0.3 is 5.97 Å². The van der Waals surface area contributed by atoms with Crippen molar-refractivity contribution in [1.82, 2.24) is 20.3 Å². The van der Waals surface area contributed by atoms with Crippen molar-refractivity contribution in [2.45, 2.75) is 26.4 Å². The molecule has 9 nitrogen and oxygen atoms in total. The highest BCUT2D eigenvalue weighted by Gasteiger charge is 2.18. The number of carbonyl (C=O) groups is 1. The molecular formula is C20H20N6O3. The van der Waals surface area contributed by atoms with Crippen LogP contribution in [0.4, 0.5) is 17.3 Å². The first kappa shape index (κ1) is 18.6. The highest BCUT2D eigenvalue weighted by Crippen LogP contribution is 2.29. The molecule has 0 aliphatic carbocycles. The van der Waals surface area contributed by atoms with Crippen molar-refractivity contribution < 1.29 is 14.2 Å². The second kappa shape index (κ2) is 7.34. The van der Waals surface area contributed by atoms with Gasteiger partial charge in [-0.3, -0.25) is 4.79 Å². The molecule has 4 rings (SSSR count). The van der Waals surface area contributed by atoms with Gasteiger partial charge in [0.2, 0.25) is 11.3 Å². The van der Waals surface area contributed by atoms with Crippen molar-refractivity contribution >= 4 is 45.4 Å². The smallest absolute Gasteiger partial charge is 0.325 e. The third-order valence-electron chi connectivity index (χ3n) is 3.98. The number of rotatable bonds is 5. The minimum atomic E-state index is -0.575. The van der Waals surface area contributed by atoms with Crippen molar-refractivity contribution in [2.75, 3.05) is 17.2 Å². The second-order valence-electron chi connectivity index (χ2n) is 7.42. The van der Waals surface area contributed by atoms with Gasteiger partial charge in [-0.05, 0) is 42.5 Å². The number of nitrogens with zero attached hydrogens (tertiary/aromatic N) is 4. The summed E-state index contributed by atoms with van der Waals surface area (Å²) < 4.78 is 10.0. The predicted octanol–water partition coefficient (Wildman–Crippen LogP) is 3.66. The molecule has 2 N–H and O–H groups in total. The van der Waals surface area contributed by atoms with Crippen LogP contribution in [0.3, 0.4) is 0 Å². The number of hydrogen-bond donors (Lipinski definition) is 2. The summed E-state index contributed by atoms with van der Waals surface area (Å²) in [6, 6.07) is 13.9. The van der Waals surface area contributed by atoms with Gasteiger partial charge in [0.25, 0.3) is 0 Å². The van der Waals surface area contributed by atoms with E-state index in [9.17, 15) is 4.79 Å². The van der Waals surface area contributed by atoms with Gasteiger partial charge in [-0.25, -0.2) is 14.6 Å². The number of carbonyl (C=O) groups excluding carboxylic acids is 1. The number of benzene rings is 2. The molecule has 2 aromatic heterocycles. The van der Waals surface area contributed by atoms with Gasteiger partial charge < -0.3 is 15.4 Å². The Labute approximate surface area is 166 Å². The van der Waals surface area contributed by atoms with Crippen LogP contribution in [-0.4, -0.2) is 38.4 Å². The van der Waals surface area contributed by atoms with E-state index in [0.717, 1.165) is 16.5 Å². The lowest BCUT2D eigenvalue weighted by molar-refractivity contribution is -0.152. The SMILES string of the molecule is CC(C)(C)OC(=O)CNc1nc2nonc2nc1Nc1cccc2ccccc12. The summed E-state index contributed by atoms with van der Waals surface area (Å²) >= 11 is 0. The average Bonchev–Trinajstić information content (AvgIpc) is 3.12. The molecule has 0 atom stereocenters. The van der Waals surface area contributed by atoms with Gasteiger partial charge in [-0.15, -0.1) is 0 Å². The Kier molecular flexibility index (Phi) is 4.71. The largest absolute Gasteiger partial charge is 0.459 e. The van der Waals surface area contributed by atoms with Crippen LogP contribution in [0.2, 0.25) is 0 Å². The van der Waals surface area contributed by atoms with Gasteiger partial charge in [0.15, 0.2) is 11.6 Å². The van der Waals surface area contributed by atoms with E-state index < -0.39 is 11.6 Å². The van der Waals surface area contributed by atoms with Crippen LogP contribution in [0.15, 0.2) is 47.1 Å². The topological polar surface area (TPSA) is 115 Å². The zero-order valence-corrected chi connectivity index (χ0v) is 16.3. The molecule has 0 unspecified atom stereocenters. The third kappa shape index (κ3) is 4.23. The normalized spacial score (nSPS) is 11.6. The van der Waals surface area contributed by atoms with Crippen LogP contribution in [0.1, 0.15) is 20.8 Å². The monoisotopic (exact) mass is 392 g/mol. The highest BCUT2D eigenvalue weighted by atomic mass is 16.6. The summed E-state index contributed by atoms with van der Waals surface area (Å²) in [5.74, 6) is 0.328. The number of esters is 1. The number of fused-ring (bicyclic) bond motifs is 2. The van der Waals surface area contributed by atoms with E-state index in [-0.39, 0.29) is 17.8 Å². The second-order valence-corrected chi connectivity index (χ2v) is 7.42. The minimum absolute atomic E-state index is 0.0764. The molecule has 0 saturated heterocycles. The fourth-order valence-corrected chi connectivity index (χ4v) is 2.84. The minimum Gasteiger partial charge on any atom is -0.459 e. The molecule has 2 heterocycles. The Morgan fingerprint density at radius 2 is 1.69 bits per heavy atom. The van der Waals surface area contributed by atoms with Crippen LogP contribution < -0.4 is 10.6 Å². The molecule has 0 spiro atoms. The van der Waals surface area contributed by atoms with E-state index in [1.807, 2.05) is 63.2 Å². The fraction of sp³-hybridized carbons (Fsp3) is 0.250. The lowest BCUT2D eigenvalue weighted by atomic mass is 10.1. The fourth-order valence-electron chi connectivity index (χ4n) is 2.84. The molecular weight excluding hydrogens is 372 g/mol. The van der Waals surface area contributed by atoms with Crippen LogP contribution >= 0.6 is 0 Å². The summed E-state index contributed by atoms with van der Waals surface area (Å²) in [7, 11) is 0. The number of nitrogens with one attached hydrogen (secondary N) is 2. The molecule has 0 radical (unpaired) electrons. The van der Waals surface area contributed by atoms with E-state index >= 15 is 0 Å². The van der Waals surface area contributed by atoms with Crippen LogP contribution in [0.25, 0.3) is 22.1 Å². The van der Waals surface area contributed by atoms with Crippen LogP contribution in [0.5, 0.6) is 0 Å². The van der Waals surface area contributed by atoms with Gasteiger partial charge in [0, 0.05) is 11.1 Å². The van der Waals surface area contributed by atoms with E-state index in [1.54, 1.807) is 0 Å². The molecule has 0 aliphatic heterocycles. The van der Waals surface area contributed by atoms with E-state index in [1.165, 1.54) is 0 Å². The molecule has 0 bridgehead atoms. The van der Waals surface area contributed by atoms with Crippen molar-refractivity contribution in [3.8, 4) is 0 Å². The van der Waals surface area contributed by atoms with E-state index in [4.69, 9.17) is 9.37 Å². The zero-order chi connectivity index (χ0) is 20.4. The van der Waals surface area contributed by atoms with E-state index in [0.29, 0.717) is 11.6 Å². The number of hydrogen-bond acceptors (Lipinski definition) is 9. The first-order chi connectivity index (χ1) is 13.9. The summed E-state index contributed by atoms with van der Waals surface area (Å²) in [6.07, 6.45) is 0. The number of ether oxygens (including phenoxy) is 1. The third-order valence-corrected chi connectivity index (χ3v) is 3.98. The lowest BCUT2D eigenvalue weighted by Crippen LogP contribution is -2.28. The quantitative estimate of drug-likeness (QED) is 0.491. The maximum absolute atomic E-state index is 12.1. The molecule has 0 saturated carbocycles. The molecule has 9 heteroatoms. The molecule has 4 aromatic rings. The zero-order valence-electron chi connectivity index (χ0n) is 16.3. The Morgan fingerprint density at radius 3 is 2.45 bits per heavy atom. The summed E-state index contributed by atoms with van der Waals surface area (Å²) in [5.41, 5.74) is 0.762. The van der Waals surface area contributed by atoms with Crippen molar-refractivity contribution in [3.63, 3.8) is 0 Å². The standard InChI is InChI=1S/C20H20N6O3/c1-20(2,3)28-15(27)11-21-16-17(24-19-18(23-16)25-29-26-19)22-14-10-6-8-12-7-4-5-9-13(12)14/h4-10H,11H2,1-3H3,(H,21,23,25)(H,22,24,26). The molecule has 29 heavy (non-hydrogen) atoms. The Morgan fingerprint density at radius 1 is 1.00 bits per heavy atom. The van der Waals surface area contributed by atoms with Crippen molar-refractivity contribution in [2.24, 2.45) is 0 Å². The van der Waals surface area contributed by atoms with Gasteiger partial charge in [-0.1, -0.05) is 36.4 Å². The maximum Gasteiger partial charge on any atom is 0.325 e. The molecule has 148 valence electrons. The molecule has 0 aliphatic rings. The maximum atomic E-state index is 12.1. The molecule has 2 aromatic carbocycles. The van der Waals surface area contributed by atoms with Crippen LogP contribution in [-0.2, 0) is 9.53 Å². The first-order valence-electron chi connectivity index (χ1n) is 9.10. The van der Waals surface area contributed by atoms with Gasteiger partial charge in [0.05, 0.1) is 0 Å². The molecule has 0 fully saturated rings. The van der Waals surface area contributed by atoms with Crippen molar-refractivity contribution in [3.05, 3.63) is 42.5 Å². The Hall–Kier alpha value is -3.75. The Balaban J connectivity index is 1.65. The molecule has 0 amide bonds. The van der Waals surface area contributed by atoms with Crippen molar-refractivity contribution in [1.29, 1.82) is 0 Å². The summed E-state index contributed by atoms with van der Waals surface area (Å²) in [4.78, 5) is 20.9. The predicted molar refractivity (Wildman–Crippen MR) is 109 cm³/mol. The van der Waals surface area contributed by atoms with Crippen LogP contribution in [0, 0.1) is 0 Å². The number of aromatic nitrogens is 4.